The third-order valence-electron chi connectivity index (χ3n) is 3.13. The first kappa shape index (κ1) is 21.0. The zero-order chi connectivity index (χ0) is 19.1. The summed E-state index contributed by atoms with van der Waals surface area (Å²) in [5.74, 6) is -0.186. The number of carbonyl (C=O) groups excluding carboxylic acids is 2. The summed E-state index contributed by atoms with van der Waals surface area (Å²) in [5.41, 5.74) is 0.389. The van der Waals surface area contributed by atoms with Crippen molar-refractivity contribution in [1.29, 1.82) is 0 Å². The summed E-state index contributed by atoms with van der Waals surface area (Å²) in [4.78, 5) is 24.2. The van der Waals surface area contributed by atoms with Crippen LogP contribution < -0.4 is 10.6 Å². The van der Waals surface area contributed by atoms with Crippen molar-refractivity contribution in [1.82, 2.24) is 5.32 Å². The summed E-state index contributed by atoms with van der Waals surface area (Å²) in [6.45, 7) is 12.0. The highest BCUT2D eigenvalue weighted by Gasteiger charge is 2.27. The minimum atomic E-state index is -0.727. The second kappa shape index (κ2) is 8.85. The number of carbonyl (C=O) groups is 2. The number of rotatable bonds is 7. The van der Waals surface area contributed by atoms with Crippen LogP contribution in [0.5, 0.6) is 0 Å². The lowest BCUT2D eigenvalue weighted by atomic mass is 10.0. The van der Waals surface area contributed by atoms with E-state index in [1.807, 2.05) is 31.2 Å². The van der Waals surface area contributed by atoms with Gasteiger partial charge in [0.1, 0.15) is 5.60 Å². The van der Waals surface area contributed by atoms with E-state index in [0.717, 1.165) is 5.56 Å². The molecule has 6 heteroatoms. The van der Waals surface area contributed by atoms with E-state index in [1.165, 1.54) is 0 Å². The van der Waals surface area contributed by atoms with Crippen molar-refractivity contribution < 1.29 is 19.1 Å². The summed E-state index contributed by atoms with van der Waals surface area (Å²) >= 11 is 0. The van der Waals surface area contributed by atoms with Gasteiger partial charge in [-0.25, -0.2) is 4.79 Å². The largest absolute Gasteiger partial charge is 0.444 e. The molecule has 0 aromatic heterocycles. The standard InChI is InChI=1S/C19H30N2O4/c1-7-24-13-14-9-8-10-15(11-14)20-16(22)12-19(5,6)21-17(23)25-18(2,3)4/h8-11H,7,12-13H2,1-6H3,(H,20,22)(H,21,23). The van der Waals surface area contributed by atoms with Gasteiger partial charge in [0.2, 0.25) is 5.91 Å². The fraction of sp³-hybridized carbons (Fsp3) is 0.579. The third-order valence-corrected chi connectivity index (χ3v) is 3.13. The van der Waals surface area contributed by atoms with E-state index in [9.17, 15) is 9.59 Å². The van der Waals surface area contributed by atoms with E-state index in [0.29, 0.717) is 18.9 Å². The molecule has 0 saturated heterocycles. The van der Waals surface area contributed by atoms with Crippen LogP contribution in [0, 0.1) is 0 Å². The fourth-order valence-corrected chi connectivity index (χ4v) is 2.19. The Hall–Kier alpha value is -2.08. The molecule has 0 atom stereocenters. The Morgan fingerprint density at radius 3 is 2.40 bits per heavy atom. The molecule has 1 aromatic rings. The predicted octanol–water partition coefficient (Wildman–Crippen LogP) is 3.86. The quantitative estimate of drug-likeness (QED) is 0.783. The van der Waals surface area contributed by atoms with Crippen molar-refractivity contribution in [3.05, 3.63) is 29.8 Å². The van der Waals surface area contributed by atoms with E-state index >= 15 is 0 Å². The smallest absolute Gasteiger partial charge is 0.408 e. The highest BCUT2D eigenvalue weighted by molar-refractivity contribution is 5.91. The topological polar surface area (TPSA) is 76.7 Å². The van der Waals surface area contributed by atoms with Crippen LogP contribution in [0.2, 0.25) is 0 Å². The Bertz CT molecular complexity index is 591. The van der Waals surface area contributed by atoms with E-state index < -0.39 is 17.2 Å². The number of alkyl carbamates (subject to hydrolysis) is 1. The first-order valence-corrected chi connectivity index (χ1v) is 8.48. The van der Waals surface area contributed by atoms with Gasteiger partial charge in [0.15, 0.2) is 0 Å². The Labute approximate surface area is 150 Å². The molecular weight excluding hydrogens is 320 g/mol. The molecule has 2 N–H and O–H groups in total. The lowest BCUT2D eigenvalue weighted by Crippen LogP contribution is -2.47. The monoisotopic (exact) mass is 350 g/mol. The summed E-state index contributed by atoms with van der Waals surface area (Å²) in [6.07, 6.45) is -0.411. The van der Waals surface area contributed by atoms with Gasteiger partial charge in [-0.3, -0.25) is 4.79 Å². The van der Waals surface area contributed by atoms with Gasteiger partial charge in [-0.15, -0.1) is 0 Å². The van der Waals surface area contributed by atoms with Crippen LogP contribution in [-0.4, -0.2) is 29.7 Å². The molecule has 0 aliphatic heterocycles. The van der Waals surface area contributed by atoms with E-state index in [1.54, 1.807) is 34.6 Å². The van der Waals surface area contributed by atoms with Crippen LogP contribution >= 0.6 is 0 Å². The Morgan fingerprint density at radius 1 is 1.12 bits per heavy atom. The Morgan fingerprint density at radius 2 is 1.80 bits per heavy atom. The molecule has 0 unspecified atom stereocenters. The molecule has 0 saturated carbocycles. The van der Waals surface area contributed by atoms with Crippen LogP contribution in [-0.2, 0) is 20.9 Å². The van der Waals surface area contributed by atoms with Crippen LogP contribution in [0.4, 0.5) is 10.5 Å². The van der Waals surface area contributed by atoms with Gasteiger partial charge < -0.3 is 20.1 Å². The summed E-state index contributed by atoms with van der Waals surface area (Å²) in [6, 6.07) is 7.51. The summed E-state index contributed by atoms with van der Waals surface area (Å²) < 4.78 is 10.6. The average molecular weight is 350 g/mol. The minimum Gasteiger partial charge on any atom is -0.444 e. The maximum absolute atomic E-state index is 12.3. The Kier molecular flexibility index (Phi) is 7.42. The molecule has 1 aromatic carbocycles. The lowest BCUT2D eigenvalue weighted by Gasteiger charge is -2.28. The van der Waals surface area contributed by atoms with Gasteiger partial charge in [0.05, 0.1) is 6.61 Å². The molecule has 0 heterocycles. The van der Waals surface area contributed by atoms with E-state index in [-0.39, 0.29) is 12.3 Å². The Balaban J connectivity index is 2.58. The third kappa shape index (κ3) is 9.10. The van der Waals surface area contributed by atoms with E-state index in [4.69, 9.17) is 9.47 Å². The number of benzene rings is 1. The molecule has 0 fully saturated rings. The average Bonchev–Trinajstić information content (AvgIpc) is 2.41. The van der Waals surface area contributed by atoms with Crippen molar-refractivity contribution in [3.63, 3.8) is 0 Å². The molecule has 2 amide bonds. The van der Waals surface area contributed by atoms with Crippen molar-refractivity contribution >= 4 is 17.7 Å². The molecule has 1 rings (SSSR count). The molecule has 140 valence electrons. The molecule has 0 bridgehead atoms. The summed E-state index contributed by atoms with van der Waals surface area (Å²) in [7, 11) is 0. The number of ether oxygens (including phenoxy) is 2. The molecule has 25 heavy (non-hydrogen) atoms. The number of nitrogens with one attached hydrogen (secondary N) is 2. The second-order valence-electron chi connectivity index (χ2n) is 7.57. The van der Waals surface area contributed by atoms with Crippen molar-refractivity contribution in [2.75, 3.05) is 11.9 Å². The number of anilines is 1. The highest BCUT2D eigenvalue weighted by atomic mass is 16.6. The fourth-order valence-electron chi connectivity index (χ4n) is 2.19. The van der Waals surface area contributed by atoms with Crippen molar-refractivity contribution in [2.45, 2.75) is 65.7 Å². The van der Waals surface area contributed by atoms with Crippen LogP contribution in [0.1, 0.15) is 53.5 Å². The van der Waals surface area contributed by atoms with Crippen molar-refractivity contribution in [2.24, 2.45) is 0 Å². The minimum absolute atomic E-state index is 0.127. The zero-order valence-corrected chi connectivity index (χ0v) is 16.1. The van der Waals surface area contributed by atoms with Crippen LogP contribution in [0.3, 0.4) is 0 Å². The lowest BCUT2D eigenvalue weighted by molar-refractivity contribution is -0.117. The molecule has 0 aliphatic carbocycles. The van der Waals surface area contributed by atoms with Gasteiger partial charge in [0.25, 0.3) is 0 Å². The van der Waals surface area contributed by atoms with Crippen LogP contribution in [0.25, 0.3) is 0 Å². The van der Waals surface area contributed by atoms with Crippen molar-refractivity contribution in [3.8, 4) is 0 Å². The molecule has 0 spiro atoms. The SMILES string of the molecule is CCOCc1cccc(NC(=O)CC(C)(C)NC(=O)OC(C)(C)C)c1. The maximum Gasteiger partial charge on any atom is 0.408 e. The normalized spacial score (nSPS) is 11.8. The highest BCUT2D eigenvalue weighted by Crippen LogP contribution is 2.16. The number of hydrogen-bond donors (Lipinski definition) is 2. The number of hydrogen-bond acceptors (Lipinski definition) is 4. The first-order valence-electron chi connectivity index (χ1n) is 8.48. The predicted molar refractivity (Wildman–Crippen MR) is 98.5 cm³/mol. The van der Waals surface area contributed by atoms with E-state index in [2.05, 4.69) is 10.6 Å². The van der Waals surface area contributed by atoms with Gasteiger partial charge >= 0.3 is 6.09 Å². The van der Waals surface area contributed by atoms with Crippen LogP contribution in [0.15, 0.2) is 24.3 Å². The van der Waals surface area contributed by atoms with Gasteiger partial charge in [0, 0.05) is 24.3 Å². The molecular formula is C19H30N2O4. The number of amides is 2. The molecule has 0 radical (unpaired) electrons. The molecule has 0 aliphatic rings. The second-order valence-corrected chi connectivity index (χ2v) is 7.57. The summed E-state index contributed by atoms with van der Waals surface area (Å²) in [5, 5.41) is 5.58. The maximum atomic E-state index is 12.3. The van der Waals surface area contributed by atoms with Gasteiger partial charge in [-0.1, -0.05) is 12.1 Å². The van der Waals surface area contributed by atoms with Gasteiger partial charge in [-0.2, -0.15) is 0 Å². The van der Waals surface area contributed by atoms with Gasteiger partial charge in [-0.05, 0) is 59.2 Å². The zero-order valence-electron chi connectivity index (χ0n) is 16.1. The molecule has 6 nitrogen and oxygen atoms in total. The first-order chi connectivity index (χ1) is 11.5.